The van der Waals surface area contributed by atoms with E-state index in [-0.39, 0.29) is 5.97 Å². The Balaban J connectivity index is 3.22. The van der Waals surface area contributed by atoms with E-state index >= 15 is 0 Å². The lowest BCUT2D eigenvalue weighted by Crippen LogP contribution is -2.05. The van der Waals surface area contributed by atoms with Crippen LogP contribution in [0, 0.1) is 5.92 Å². The molecule has 0 aromatic heterocycles. The minimum absolute atomic E-state index is 0.253. The summed E-state index contributed by atoms with van der Waals surface area (Å²) in [5.41, 5.74) is 0.493. The second-order valence-corrected chi connectivity index (χ2v) is 8.90. The average Bonchev–Trinajstić information content (AvgIpc) is 2.67. The van der Waals surface area contributed by atoms with E-state index in [1.54, 1.807) is 6.92 Å². The van der Waals surface area contributed by atoms with Gasteiger partial charge in [-0.2, -0.15) is 0 Å². The molecule has 0 aromatic rings. The summed E-state index contributed by atoms with van der Waals surface area (Å²) >= 11 is 0. The van der Waals surface area contributed by atoms with Crippen LogP contribution in [-0.4, -0.2) is 12.6 Å². The minimum Gasteiger partial charge on any atom is -0.462 e. The molecule has 1 unspecified atom stereocenters. The highest BCUT2D eigenvalue weighted by Gasteiger charge is 2.03. The first kappa shape index (κ1) is 27.2. The minimum atomic E-state index is -0.253. The van der Waals surface area contributed by atoms with Gasteiger partial charge in [0.05, 0.1) is 6.61 Å². The average molecular weight is 395 g/mol. The van der Waals surface area contributed by atoms with Crippen molar-refractivity contribution in [3.8, 4) is 0 Å². The van der Waals surface area contributed by atoms with Crippen molar-refractivity contribution in [2.24, 2.45) is 5.92 Å². The lowest BCUT2D eigenvalue weighted by atomic mass is 9.96. The molecule has 28 heavy (non-hydrogen) atoms. The predicted octanol–water partition coefficient (Wildman–Crippen LogP) is 8.78. The molecule has 0 heterocycles. The van der Waals surface area contributed by atoms with Crippen molar-refractivity contribution in [3.63, 3.8) is 0 Å². The molecule has 0 spiro atoms. The molecular weight excluding hydrogens is 344 g/mol. The van der Waals surface area contributed by atoms with Gasteiger partial charge in [-0.05, 0) is 19.3 Å². The van der Waals surface area contributed by atoms with Crippen LogP contribution in [0.4, 0.5) is 0 Å². The van der Waals surface area contributed by atoms with Crippen LogP contribution in [0.15, 0.2) is 12.2 Å². The molecule has 0 aliphatic heterocycles. The summed E-state index contributed by atoms with van der Waals surface area (Å²) in [4.78, 5) is 11.2. The van der Waals surface area contributed by atoms with Crippen molar-refractivity contribution < 1.29 is 9.53 Å². The summed E-state index contributed by atoms with van der Waals surface area (Å²) in [7, 11) is 0. The summed E-state index contributed by atoms with van der Waals surface area (Å²) in [6, 6.07) is 0. The molecule has 0 fully saturated rings. The molecule has 0 amide bonds. The zero-order chi connectivity index (χ0) is 20.9. The first-order chi connectivity index (χ1) is 13.6. The quantitative estimate of drug-likeness (QED) is 0.110. The van der Waals surface area contributed by atoms with Crippen LogP contribution in [0.3, 0.4) is 0 Å². The van der Waals surface area contributed by atoms with Crippen LogP contribution < -0.4 is 0 Å². The highest BCUT2D eigenvalue weighted by Crippen LogP contribution is 2.19. The Morgan fingerprint density at radius 1 is 0.714 bits per heavy atom. The van der Waals surface area contributed by atoms with Gasteiger partial charge in [0.15, 0.2) is 0 Å². The molecule has 0 N–H and O–H groups in total. The first-order valence-corrected chi connectivity index (χ1v) is 12.4. The number of rotatable bonds is 21. The van der Waals surface area contributed by atoms with Crippen molar-refractivity contribution >= 4 is 5.97 Å². The molecule has 0 bridgehead atoms. The SMILES string of the molecule is C=C(C)C(=O)OCCCCCCCCC(C)CCCCCCCCCCCC. The van der Waals surface area contributed by atoms with Gasteiger partial charge in [0.25, 0.3) is 0 Å². The maximum absolute atomic E-state index is 11.2. The second kappa shape index (κ2) is 20.9. The summed E-state index contributed by atoms with van der Waals surface area (Å²) in [6.07, 6.45) is 24.6. The van der Waals surface area contributed by atoms with Crippen LogP contribution in [0.25, 0.3) is 0 Å². The van der Waals surface area contributed by atoms with Gasteiger partial charge in [-0.15, -0.1) is 0 Å². The summed E-state index contributed by atoms with van der Waals surface area (Å²) < 4.78 is 5.11. The molecule has 0 saturated carbocycles. The molecule has 1 atom stereocenters. The highest BCUT2D eigenvalue weighted by molar-refractivity contribution is 5.86. The third kappa shape index (κ3) is 20.0. The Kier molecular flexibility index (Phi) is 20.3. The number of carbonyl (C=O) groups excluding carboxylic acids is 1. The van der Waals surface area contributed by atoms with E-state index in [2.05, 4.69) is 20.4 Å². The lowest BCUT2D eigenvalue weighted by Gasteiger charge is -2.11. The van der Waals surface area contributed by atoms with Gasteiger partial charge < -0.3 is 4.74 Å². The molecule has 0 aliphatic carbocycles. The first-order valence-electron chi connectivity index (χ1n) is 12.4. The molecule has 2 nitrogen and oxygen atoms in total. The maximum atomic E-state index is 11.2. The van der Waals surface area contributed by atoms with Gasteiger partial charge in [0.2, 0.25) is 0 Å². The number of ether oxygens (including phenoxy) is 1. The fraction of sp³-hybridized carbons (Fsp3) is 0.885. The van der Waals surface area contributed by atoms with E-state index in [1.165, 1.54) is 103 Å². The second-order valence-electron chi connectivity index (χ2n) is 8.90. The summed E-state index contributed by atoms with van der Waals surface area (Å²) in [5.74, 6) is 0.645. The number of hydrogen-bond donors (Lipinski definition) is 0. The largest absolute Gasteiger partial charge is 0.462 e. The Labute approximate surface area is 176 Å². The monoisotopic (exact) mass is 394 g/mol. The topological polar surface area (TPSA) is 26.3 Å². The van der Waals surface area contributed by atoms with Crippen LogP contribution >= 0.6 is 0 Å². The van der Waals surface area contributed by atoms with Gasteiger partial charge in [0, 0.05) is 5.57 Å². The third-order valence-electron chi connectivity index (χ3n) is 5.72. The zero-order valence-electron chi connectivity index (χ0n) is 19.5. The number of esters is 1. The van der Waals surface area contributed by atoms with Crippen molar-refractivity contribution in [3.05, 3.63) is 12.2 Å². The van der Waals surface area contributed by atoms with E-state index < -0.39 is 0 Å². The van der Waals surface area contributed by atoms with Crippen LogP contribution in [0.1, 0.15) is 136 Å². The van der Waals surface area contributed by atoms with Gasteiger partial charge >= 0.3 is 5.97 Å². The molecule has 0 aliphatic rings. The summed E-state index contributed by atoms with van der Waals surface area (Å²) in [6.45, 7) is 10.5. The number of carbonyl (C=O) groups is 1. The lowest BCUT2D eigenvalue weighted by molar-refractivity contribution is -0.139. The molecule has 2 heteroatoms. The summed E-state index contributed by atoms with van der Waals surface area (Å²) in [5, 5.41) is 0. The van der Waals surface area contributed by atoms with Crippen LogP contribution in [0.2, 0.25) is 0 Å². The molecule has 0 saturated heterocycles. The number of unbranched alkanes of at least 4 members (excludes halogenated alkanes) is 14. The van der Waals surface area contributed by atoms with Crippen molar-refractivity contribution in [2.75, 3.05) is 6.61 Å². The molecule has 0 aromatic carbocycles. The normalized spacial score (nSPS) is 12.1. The van der Waals surface area contributed by atoms with Crippen LogP contribution in [0.5, 0.6) is 0 Å². The van der Waals surface area contributed by atoms with Crippen LogP contribution in [-0.2, 0) is 9.53 Å². The van der Waals surface area contributed by atoms with Gasteiger partial charge in [-0.25, -0.2) is 4.79 Å². The Morgan fingerprint density at radius 2 is 1.11 bits per heavy atom. The Bertz CT molecular complexity index is 361. The van der Waals surface area contributed by atoms with E-state index in [0.717, 1.165) is 18.8 Å². The smallest absolute Gasteiger partial charge is 0.333 e. The van der Waals surface area contributed by atoms with Gasteiger partial charge in [0.1, 0.15) is 0 Å². The highest BCUT2D eigenvalue weighted by atomic mass is 16.5. The molecule has 0 radical (unpaired) electrons. The number of hydrogen-bond acceptors (Lipinski definition) is 2. The predicted molar refractivity (Wildman–Crippen MR) is 124 cm³/mol. The van der Waals surface area contributed by atoms with Gasteiger partial charge in [-0.1, -0.05) is 130 Å². The molecule has 0 rings (SSSR count). The fourth-order valence-electron chi connectivity index (χ4n) is 3.71. The molecule has 166 valence electrons. The zero-order valence-corrected chi connectivity index (χ0v) is 19.5. The third-order valence-corrected chi connectivity index (χ3v) is 5.72. The van der Waals surface area contributed by atoms with E-state index in [4.69, 9.17) is 4.74 Å². The van der Waals surface area contributed by atoms with E-state index in [0.29, 0.717) is 12.2 Å². The Morgan fingerprint density at radius 3 is 1.54 bits per heavy atom. The van der Waals surface area contributed by atoms with E-state index in [9.17, 15) is 4.79 Å². The van der Waals surface area contributed by atoms with Crippen molar-refractivity contribution in [2.45, 2.75) is 136 Å². The van der Waals surface area contributed by atoms with Gasteiger partial charge in [-0.3, -0.25) is 0 Å². The van der Waals surface area contributed by atoms with Crippen molar-refractivity contribution in [1.29, 1.82) is 0 Å². The standard InChI is InChI=1S/C26H50O2/c1-5-6-7-8-9-10-11-12-15-18-21-25(4)22-19-16-13-14-17-20-23-28-26(27)24(2)3/h25H,2,5-23H2,1,3-4H3. The Hall–Kier alpha value is -0.790. The fourth-order valence-corrected chi connectivity index (χ4v) is 3.71. The maximum Gasteiger partial charge on any atom is 0.333 e. The van der Waals surface area contributed by atoms with Crippen molar-refractivity contribution in [1.82, 2.24) is 0 Å². The van der Waals surface area contributed by atoms with E-state index in [1.807, 2.05) is 0 Å². The molecular formula is C26H50O2.